The number of nitrogens with one attached hydrogen (secondary N) is 3. The summed E-state index contributed by atoms with van der Waals surface area (Å²) in [6, 6.07) is 9.76. The minimum Gasteiger partial charge on any atom is -0.490 e. The van der Waals surface area contributed by atoms with E-state index in [0.717, 1.165) is 54.4 Å². The summed E-state index contributed by atoms with van der Waals surface area (Å²) in [5.41, 5.74) is 3.22. The number of fused-ring (bicyclic) bond motifs is 3. The van der Waals surface area contributed by atoms with Crippen LogP contribution >= 0.6 is 0 Å². The van der Waals surface area contributed by atoms with Crippen molar-refractivity contribution in [1.82, 2.24) is 15.3 Å². The van der Waals surface area contributed by atoms with Gasteiger partial charge in [-0.05, 0) is 62.9 Å². The van der Waals surface area contributed by atoms with Gasteiger partial charge >= 0.3 is 0 Å². The summed E-state index contributed by atoms with van der Waals surface area (Å²) in [5.74, 6) is 0.792. The molecular weight excluding hydrogens is 416 g/mol. The molecule has 1 saturated carbocycles. The second-order valence-electron chi connectivity index (χ2n) is 10.0. The number of anilines is 1. The van der Waals surface area contributed by atoms with Gasteiger partial charge in [0, 0.05) is 41.1 Å². The van der Waals surface area contributed by atoms with E-state index < -0.39 is 11.5 Å². The lowest BCUT2D eigenvalue weighted by atomic mass is 9.79. The van der Waals surface area contributed by atoms with Crippen LogP contribution in [0.4, 0.5) is 5.69 Å². The molecule has 1 fully saturated rings. The normalized spacial score (nSPS) is 18.0. The molecule has 1 aliphatic heterocycles. The van der Waals surface area contributed by atoms with E-state index in [1.165, 1.54) is 5.56 Å². The summed E-state index contributed by atoms with van der Waals surface area (Å²) in [5, 5.41) is 18.3. The topological polar surface area (TPSA) is 99.3 Å². The second kappa shape index (κ2) is 8.47. The third-order valence-corrected chi connectivity index (χ3v) is 7.06. The molecule has 174 valence electrons. The number of aliphatic hydroxyl groups is 1. The number of aromatic nitrogens is 2. The zero-order chi connectivity index (χ0) is 23.1. The van der Waals surface area contributed by atoms with Gasteiger partial charge in [0.2, 0.25) is 5.91 Å². The van der Waals surface area contributed by atoms with E-state index in [4.69, 9.17) is 4.74 Å². The minimum atomic E-state index is -0.672. The van der Waals surface area contributed by atoms with Gasteiger partial charge in [-0.15, -0.1) is 0 Å². The summed E-state index contributed by atoms with van der Waals surface area (Å²) in [7, 11) is 0. The van der Waals surface area contributed by atoms with Crippen molar-refractivity contribution in [3.05, 3.63) is 53.9 Å². The molecule has 2 aliphatic rings. The van der Waals surface area contributed by atoms with Gasteiger partial charge in [-0.3, -0.25) is 4.79 Å². The minimum absolute atomic E-state index is 0.0856. The van der Waals surface area contributed by atoms with Crippen LogP contribution < -0.4 is 15.4 Å². The fourth-order valence-corrected chi connectivity index (χ4v) is 5.40. The van der Waals surface area contributed by atoms with Crippen molar-refractivity contribution >= 4 is 22.6 Å². The van der Waals surface area contributed by atoms with E-state index in [1.807, 2.05) is 30.5 Å². The quantitative estimate of drug-likeness (QED) is 0.421. The molecule has 5 rings (SSSR count). The Labute approximate surface area is 194 Å². The van der Waals surface area contributed by atoms with E-state index in [1.54, 1.807) is 6.20 Å². The van der Waals surface area contributed by atoms with Crippen LogP contribution in [0.25, 0.3) is 11.0 Å². The lowest BCUT2D eigenvalue weighted by molar-refractivity contribution is -0.120. The fourth-order valence-electron chi connectivity index (χ4n) is 5.40. The van der Waals surface area contributed by atoms with Crippen LogP contribution in [0.2, 0.25) is 0 Å². The Morgan fingerprint density at radius 3 is 2.88 bits per heavy atom. The number of H-pyrrole nitrogens is 1. The van der Waals surface area contributed by atoms with Gasteiger partial charge in [0.1, 0.15) is 24.1 Å². The highest BCUT2D eigenvalue weighted by molar-refractivity contribution is 6.07. The molecule has 1 spiro atoms. The number of pyridine rings is 1. The van der Waals surface area contributed by atoms with Gasteiger partial charge in [-0.2, -0.15) is 0 Å². The Morgan fingerprint density at radius 2 is 2.06 bits per heavy atom. The number of aliphatic hydroxyl groups excluding tert-OH is 1. The third kappa shape index (κ3) is 4.11. The average molecular weight is 449 g/mol. The van der Waals surface area contributed by atoms with Crippen molar-refractivity contribution in [1.29, 1.82) is 0 Å². The third-order valence-electron chi connectivity index (χ3n) is 7.06. The van der Waals surface area contributed by atoms with Crippen molar-refractivity contribution in [3.8, 4) is 5.75 Å². The number of β-amino-alcohol motifs (C(OH)–C–C–N with tert-alkyl or cyclic N) is 1. The molecule has 1 atom stereocenters. The highest BCUT2D eigenvalue weighted by atomic mass is 16.5. The van der Waals surface area contributed by atoms with E-state index in [-0.39, 0.29) is 18.1 Å². The van der Waals surface area contributed by atoms with Crippen LogP contribution in [0.3, 0.4) is 0 Å². The molecule has 7 heteroatoms. The molecule has 7 nitrogen and oxygen atoms in total. The molecule has 0 saturated heterocycles. The summed E-state index contributed by atoms with van der Waals surface area (Å²) >= 11 is 0. The standard InChI is InChI=1S/C26H32N4O3/c1-25(2,13-17-14-28-23-19(17)7-6-12-27-23)29-15-18(31)16-33-21-9-5-8-20-22(21)26(24(32)30-20)10-3-4-11-26/h5-9,12,14,18,29,31H,3-4,10-11,13,15-16H2,1-2H3,(H,27,28)(H,30,32)/t18-/m0/s1. The monoisotopic (exact) mass is 448 g/mol. The Bertz CT molecular complexity index is 1160. The Balaban J connectivity index is 1.20. The van der Waals surface area contributed by atoms with E-state index in [9.17, 15) is 9.90 Å². The van der Waals surface area contributed by atoms with Gasteiger partial charge in [0.15, 0.2) is 0 Å². The molecular formula is C26H32N4O3. The molecule has 4 N–H and O–H groups in total. The lowest BCUT2D eigenvalue weighted by Crippen LogP contribution is -2.46. The number of hydrogen-bond donors (Lipinski definition) is 4. The van der Waals surface area contributed by atoms with Gasteiger partial charge in [-0.25, -0.2) is 4.98 Å². The van der Waals surface area contributed by atoms with Crippen LogP contribution in [0, 0.1) is 0 Å². The van der Waals surface area contributed by atoms with Gasteiger partial charge in [-0.1, -0.05) is 18.9 Å². The van der Waals surface area contributed by atoms with Crippen LogP contribution in [0.5, 0.6) is 5.75 Å². The predicted octanol–water partition coefficient (Wildman–Crippen LogP) is 3.68. The zero-order valence-electron chi connectivity index (χ0n) is 19.3. The molecule has 1 aliphatic carbocycles. The molecule has 2 aromatic heterocycles. The first-order valence-electron chi connectivity index (χ1n) is 11.8. The van der Waals surface area contributed by atoms with Crippen LogP contribution in [0.15, 0.2) is 42.7 Å². The van der Waals surface area contributed by atoms with E-state index in [2.05, 4.69) is 40.5 Å². The largest absolute Gasteiger partial charge is 0.490 e. The smallest absolute Gasteiger partial charge is 0.235 e. The van der Waals surface area contributed by atoms with Gasteiger partial charge in [0.05, 0.1) is 5.41 Å². The van der Waals surface area contributed by atoms with Crippen molar-refractivity contribution in [2.75, 3.05) is 18.5 Å². The lowest BCUT2D eigenvalue weighted by Gasteiger charge is -2.28. The Hall–Kier alpha value is -2.90. The maximum Gasteiger partial charge on any atom is 0.235 e. The first-order valence-corrected chi connectivity index (χ1v) is 11.8. The molecule has 33 heavy (non-hydrogen) atoms. The number of hydrogen-bond acceptors (Lipinski definition) is 5. The number of nitrogens with zero attached hydrogens (tertiary/aromatic N) is 1. The molecule has 1 aromatic carbocycles. The van der Waals surface area contributed by atoms with Gasteiger partial charge in [0.25, 0.3) is 0 Å². The summed E-state index contributed by atoms with van der Waals surface area (Å²) in [6.45, 7) is 4.83. The van der Waals surface area contributed by atoms with Gasteiger partial charge < -0.3 is 25.5 Å². The first kappa shape index (κ1) is 21.9. The summed E-state index contributed by atoms with van der Waals surface area (Å²) < 4.78 is 6.08. The first-order chi connectivity index (χ1) is 15.9. The molecule has 3 aromatic rings. The predicted molar refractivity (Wildman–Crippen MR) is 129 cm³/mol. The highest BCUT2D eigenvalue weighted by Gasteiger charge is 2.50. The van der Waals surface area contributed by atoms with Crippen molar-refractivity contribution in [2.24, 2.45) is 0 Å². The van der Waals surface area contributed by atoms with E-state index >= 15 is 0 Å². The number of carbonyl (C=O) groups excluding carboxylic acids is 1. The molecule has 1 amide bonds. The Kier molecular flexibility index (Phi) is 5.62. The molecule has 0 unspecified atom stereocenters. The van der Waals surface area contributed by atoms with Crippen LogP contribution in [-0.2, 0) is 16.6 Å². The average Bonchev–Trinajstić information content (AvgIpc) is 3.51. The van der Waals surface area contributed by atoms with Crippen molar-refractivity contribution in [3.63, 3.8) is 0 Å². The molecule has 0 bridgehead atoms. The number of aromatic amines is 1. The maximum atomic E-state index is 12.7. The SMILES string of the molecule is CC(C)(Cc1c[nH]c2ncccc12)NC[C@H](O)COc1cccc2c1C1(CCCC1)C(=O)N2. The number of rotatable bonds is 8. The molecule has 0 radical (unpaired) electrons. The summed E-state index contributed by atoms with van der Waals surface area (Å²) in [4.78, 5) is 20.3. The zero-order valence-corrected chi connectivity index (χ0v) is 19.3. The number of benzene rings is 1. The van der Waals surface area contributed by atoms with Crippen molar-refractivity contribution < 1.29 is 14.6 Å². The van der Waals surface area contributed by atoms with Crippen LogP contribution in [-0.4, -0.2) is 45.8 Å². The maximum absolute atomic E-state index is 12.7. The summed E-state index contributed by atoms with van der Waals surface area (Å²) in [6.07, 6.45) is 7.73. The highest BCUT2D eigenvalue weighted by Crippen LogP contribution is 2.52. The fraction of sp³-hybridized carbons (Fsp3) is 0.462. The van der Waals surface area contributed by atoms with Crippen LogP contribution in [0.1, 0.15) is 50.7 Å². The number of carbonyl (C=O) groups is 1. The molecule has 3 heterocycles. The second-order valence-corrected chi connectivity index (χ2v) is 10.0. The number of ether oxygens (including phenoxy) is 1. The van der Waals surface area contributed by atoms with Crippen molar-refractivity contribution in [2.45, 2.75) is 63.0 Å². The van der Waals surface area contributed by atoms with E-state index in [0.29, 0.717) is 12.3 Å². The number of amides is 1. The Morgan fingerprint density at radius 1 is 1.24 bits per heavy atom.